The third kappa shape index (κ3) is 3.07. The van der Waals surface area contributed by atoms with E-state index in [-0.39, 0.29) is 0 Å². The number of nitrogens with zero attached hydrogens (tertiary/aromatic N) is 5. The molecule has 2 aromatic carbocycles. The van der Waals surface area contributed by atoms with E-state index in [0.29, 0.717) is 0 Å². The number of aromatic nitrogens is 4. The smallest absolute Gasteiger partial charge is 0.159 e. The minimum atomic E-state index is 0.740. The molecule has 0 aliphatic rings. The van der Waals surface area contributed by atoms with Crippen LogP contribution in [-0.2, 0) is 0 Å². The molecule has 0 spiro atoms. The Morgan fingerprint density at radius 1 is 0.769 bits per heavy atom. The van der Waals surface area contributed by atoms with Crippen molar-refractivity contribution in [1.29, 1.82) is 0 Å². The van der Waals surface area contributed by atoms with E-state index >= 15 is 0 Å². The Kier molecular flexibility index (Phi) is 4.19. The van der Waals surface area contributed by atoms with Crippen LogP contribution in [0, 0.1) is 0 Å². The van der Waals surface area contributed by atoms with Crippen LogP contribution in [0.1, 0.15) is 0 Å². The second-order valence-electron chi connectivity index (χ2n) is 6.19. The first-order chi connectivity index (χ1) is 12.7. The van der Waals surface area contributed by atoms with Crippen LogP contribution in [0.2, 0.25) is 0 Å². The molecule has 0 saturated carbocycles. The lowest BCUT2D eigenvalue weighted by molar-refractivity contribution is 0.846. The summed E-state index contributed by atoms with van der Waals surface area (Å²) < 4.78 is 1.88. The van der Waals surface area contributed by atoms with Crippen LogP contribution in [0.4, 0.5) is 5.82 Å². The third-order valence-electron chi connectivity index (χ3n) is 4.16. The lowest BCUT2D eigenvalue weighted by atomic mass is 10.1. The summed E-state index contributed by atoms with van der Waals surface area (Å²) in [5, 5.41) is 4.84. The van der Waals surface area contributed by atoms with Gasteiger partial charge in [0.05, 0.1) is 11.4 Å². The highest BCUT2D eigenvalue weighted by Gasteiger charge is 2.14. The van der Waals surface area contributed by atoms with Gasteiger partial charge in [0, 0.05) is 31.3 Å². The zero-order valence-corrected chi connectivity index (χ0v) is 14.7. The van der Waals surface area contributed by atoms with Gasteiger partial charge in [0.25, 0.3) is 0 Å². The molecule has 4 aromatic rings. The lowest BCUT2D eigenvalue weighted by Crippen LogP contribution is -2.12. The van der Waals surface area contributed by atoms with Crippen molar-refractivity contribution in [1.82, 2.24) is 19.7 Å². The van der Waals surface area contributed by atoms with E-state index in [0.717, 1.165) is 34.2 Å². The molecular formula is C21H19N5. The molecule has 0 aliphatic carbocycles. The van der Waals surface area contributed by atoms with E-state index < -0.39 is 0 Å². The molecule has 2 aromatic heterocycles. The maximum absolute atomic E-state index is 4.84. The van der Waals surface area contributed by atoms with Crippen molar-refractivity contribution in [3.63, 3.8) is 0 Å². The molecule has 128 valence electrons. The first-order valence-corrected chi connectivity index (χ1v) is 8.43. The Morgan fingerprint density at radius 3 is 2.08 bits per heavy atom. The van der Waals surface area contributed by atoms with Crippen LogP contribution in [-0.4, -0.2) is 33.8 Å². The van der Waals surface area contributed by atoms with E-state index in [9.17, 15) is 0 Å². The van der Waals surface area contributed by atoms with Gasteiger partial charge in [-0.2, -0.15) is 5.10 Å². The van der Waals surface area contributed by atoms with Crippen molar-refractivity contribution in [2.75, 3.05) is 19.0 Å². The quantitative estimate of drug-likeness (QED) is 0.561. The van der Waals surface area contributed by atoms with E-state index in [1.807, 2.05) is 66.1 Å². The fourth-order valence-electron chi connectivity index (χ4n) is 2.82. The monoisotopic (exact) mass is 341 g/mol. The average Bonchev–Trinajstić information content (AvgIpc) is 3.15. The molecule has 2 heterocycles. The Morgan fingerprint density at radius 2 is 1.42 bits per heavy atom. The predicted molar refractivity (Wildman–Crippen MR) is 104 cm³/mol. The van der Waals surface area contributed by atoms with Crippen LogP contribution in [0.25, 0.3) is 28.3 Å². The standard InChI is InChI=1S/C21H19N5/c1-25(2)20-14-21(23-15-22-20)26-19(17-11-7-4-8-12-17)13-18(24-26)16-9-5-3-6-10-16/h3-15H,1-2H3. The molecule has 0 aliphatic heterocycles. The SMILES string of the molecule is CN(C)c1cc(-n2nc(-c3ccccc3)cc2-c2ccccc2)ncn1. The molecule has 0 bridgehead atoms. The molecular weight excluding hydrogens is 322 g/mol. The highest BCUT2D eigenvalue weighted by Crippen LogP contribution is 2.28. The molecule has 0 radical (unpaired) electrons. The van der Waals surface area contributed by atoms with Crippen molar-refractivity contribution in [3.8, 4) is 28.3 Å². The summed E-state index contributed by atoms with van der Waals surface area (Å²) in [6.45, 7) is 0. The van der Waals surface area contributed by atoms with Gasteiger partial charge in [-0.3, -0.25) is 0 Å². The van der Waals surface area contributed by atoms with Gasteiger partial charge in [-0.25, -0.2) is 14.6 Å². The van der Waals surface area contributed by atoms with Crippen molar-refractivity contribution in [2.24, 2.45) is 0 Å². The van der Waals surface area contributed by atoms with Crippen molar-refractivity contribution < 1.29 is 0 Å². The van der Waals surface area contributed by atoms with Crippen molar-refractivity contribution in [3.05, 3.63) is 79.1 Å². The van der Waals surface area contributed by atoms with Gasteiger partial charge < -0.3 is 4.90 Å². The van der Waals surface area contributed by atoms with Crippen molar-refractivity contribution >= 4 is 5.82 Å². The fourth-order valence-corrected chi connectivity index (χ4v) is 2.82. The fraction of sp³-hybridized carbons (Fsp3) is 0.0952. The summed E-state index contributed by atoms with van der Waals surface area (Å²) in [6.07, 6.45) is 1.57. The summed E-state index contributed by atoms with van der Waals surface area (Å²) in [5.41, 5.74) is 4.07. The summed E-state index contributed by atoms with van der Waals surface area (Å²) in [7, 11) is 3.92. The Balaban J connectivity index is 1.90. The molecule has 0 fully saturated rings. The number of hydrogen-bond donors (Lipinski definition) is 0. The van der Waals surface area contributed by atoms with E-state index in [1.54, 1.807) is 6.33 Å². The first-order valence-electron chi connectivity index (χ1n) is 8.43. The second kappa shape index (κ2) is 6.80. The van der Waals surface area contributed by atoms with Crippen LogP contribution in [0.5, 0.6) is 0 Å². The summed E-state index contributed by atoms with van der Waals surface area (Å²) in [5.74, 6) is 1.58. The topological polar surface area (TPSA) is 46.8 Å². The predicted octanol–water partition coefficient (Wildman–Crippen LogP) is 4.06. The molecule has 4 rings (SSSR count). The van der Waals surface area contributed by atoms with Crippen molar-refractivity contribution in [2.45, 2.75) is 0 Å². The summed E-state index contributed by atoms with van der Waals surface area (Å²) in [4.78, 5) is 10.7. The number of benzene rings is 2. The Labute approximate surface area is 152 Å². The minimum absolute atomic E-state index is 0.740. The molecule has 5 heteroatoms. The van der Waals surface area contributed by atoms with E-state index in [1.165, 1.54) is 0 Å². The molecule has 26 heavy (non-hydrogen) atoms. The van der Waals surface area contributed by atoms with Gasteiger partial charge in [0.1, 0.15) is 12.1 Å². The Hall–Kier alpha value is -3.47. The first kappa shape index (κ1) is 16.0. The molecule has 0 saturated heterocycles. The normalized spacial score (nSPS) is 10.7. The molecule has 5 nitrogen and oxygen atoms in total. The summed E-state index contributed by atoms with van der Waals surface area (Å²) in [6, 6.07) is 24.4. The maximum atomic E-state index is 4.84. The average molecular weight is 341 g/mol. The third-order valence-corrected chi connectivity index (χ3v) is 4.16. The zero-order valence-electron chi connectivity index (χ0n) is 14.7. The molecule has 0 amide bonds. The lowest BCUT2D eigenvalue weighted by Gasteiger charge is -2.12. The largest absolute Gasteiger partial charge is 0.363 e. The Bertz CT molecular complexity index is 1010. The van der Waals surface area contributed by atoms with E-state index in [2.05, 4.69) is 40.3 Å². The molecule has 0 N–H and O–H groups in total. The van der Waals surface area contributed by atoms with Gasteiger partial charge in [0.15, 0.2) is 5.82 Å². The second-order valence-corrected chi connectivity index (χ2v) is 6.19. The molecule has 0 unspecified atom stereocenters. The highest BCUT2D eigenvalue weighted by molar-refractivity contribution is 5.70. The number of anilines is 1. The highest BCUT2D eigenvalue weighted by atomic mass is 15.3. The van der Waals surface area contributed by atoms with Crippen LogP contribution in [0.3, 0.4) is 0 Å². The van der Waals surface area contributed by atoms with Crippen LogP contribution < -0.4 is 4.90 Å². The summed E-state index contributed by atoms with van der Waals surface area (Å²) >= 11 is 0. The maximum Gasteiger partial charge on any atom is 0.159 e. The van der Waals surface area contributed by atoms with Gasteiger partial charge in [-0.15, -0.1) is 0 Å². The van der Waals surface area contributed by atoms with Gasteiger partial charge in [0.2, 0.25) is 0 Å². The zero-order chi connectivity index (χ0) is 17.9. The van der Waals surface area contributed by atoms with Gasteiger partial charge >= 0.3 is 0 Å². The number of rotatable bonds is 4. The van der Waals surface area contributed by atoms with Crippen LogP contribution in [0.15, 0.2) is 79.1 Å². The molecule has 0 atom stereocenters. The number of hydrogen-bond acceptors (Lipinski definition) is 4. The van der Waals surface area contributed by atoms with E-state index in [4.69, 9.17) is 5.10 Å². The van der Waals surface area contributed by atoms with Crippen LogP contribution >= 0.6 is 0 Å². The van der Waals surface area contributed by atoms with Gasteiger partial charge in [-0.05, 0) is 6.07 Å². The minimum Gasteiger partial charge on any atom is -0.363 e. The van der Waals surface area contributed by atoms with Gasteiger partial charge in [-0.1, -0.05) is 60.7 Å².